The Bertz CT molecular complexity index is 148. The van der Waals surface area contributed by atoms with Gasteiger partial charge in [0.15, 0.2) is 0 Å². The molecule has 1 saturated heterocycles. The average molecular weight is 198 g/mol. The molecule has 3 atom stereocenters. The molecule has 0 aliphatic carbocycles. The van der Waals surface area contributed by atoms with Gasteiger partial charge in [-0.25, -0.2) is 0 Å². The molecule has 1 aliphatic rings. The van der Waals surface area contributed by atoms with Gasteiger partial charge in [0.25, 0.3) is 0 Å². The molecular weight excluding hydrogens is 172 g/mol. The predicted molar refractivity (Wildman–Crippen MR) is 62.6 cm³/mol. The fourth-order valence-electron chi connectivity index (χ4n) is 2.23. The number of piperazine rings is 1. The van der Waals surface area contributed by atoms with Gasteiger partial charge in [0, 0.05) is 25.2 Å². The van der Waals surface area contributed by atoms with Crippen LogP contribution in [0.25, 0.3) is 0 Å². The van der Waals surface area contributed by atoms with Crippen LogP contribution in [0.4, 0.5) is 0 Å². The highest BCUT2D eigenvalue weighted by molar-refractivity contribution is 4.80. The summed E-state index contributed by atoms with van der Waals surface area (Å²) in [7, 11) is 0. The quantitative estimate of drug-likeness (QED) is 0.744. The third kappa shape index (κ3) is 3.97. The number of rotatable bonds is 4. The Morgan fingerprint density at radius 1 is 1.29 bits per heavy atom. The minimum atomic E-state index is 0.663. The van der Waals surface area contributed by atoms with Gasteiger partial charge in [-0.05, 0) is 32.7 Å². The molecule has 1 fully saturated rings. The standard InChI is InChI=1S/C12H26N2/c1-5-10(2)6-7-14-8-11(3)13-12(4)9-14/h10-13H,5-9H2,1-4H3. The van der Waals surface area contributed by atoms with Crippen molar-refractivity contribution in [2.45, 2.75) is 52.6 Å². The first kappa shape index (κ1) is 12.0. The van der Waals surface area contributed by atoms with Crippen molar-refractivity contribution in [3.8, 4) is 0 Å². The van der Waals surface area contributed by atoms with Crippen LogP contribution in [0.3, 0.4) is 0 Å². The van der Waals surface area contributed by atoms with Crippen molar-refractivity contribution in [1.29, 1.82) is 0 Å². The number of nitrogens with zero attached hydrogens (tertiary/aromatic N) is 1. The van der Waals surface area contributed by atoms with Crippen molar-refractivity contribution >= 4 is 0 Å². The summed E-state index contributed by atoms with van der Waals surface area (Å²) >= 11 is 0. The van der Waals surface area contributed by atoms with E-state index in [1.54, 1.807) is 0 Å². The summed E-state index contributed by atoms with van der Waals surface area (Å²) in [5.41, 5.74) is 0. The normalized spacial score (nSPS) is 31.7. The third-order valence-electron chi connectivity index (χ3n) is 3.27. The zero-order valence-electron chi connectivity index (χ0n) is 10.2. The van der Waals surface area contributed by atoms with E-state index in [9.17, 15) is 0 Å². The van der Waals surface area contributed by atoms with Gasteiger partial charge in [0.05, 0.1) is 0 Å². The first-order valence-corrected chi connectivity index (χ1v) is 6.10. The molecule has 2 heteroatoms. The molecule has 0 saturated carbocycles. The highest BCUT2D eigenvalue weighted by atomic mass is 15.2. The van der Waals surface area contributed by atoms with Crippen LogP contribution in [0.15, 0.2) is 0 Å². The number of hydrogen-bond donors (Lipinski definition) is 1. The first-order valence-electron chi connectivity index (χ1n) is 6.10. The SMILES string of the molecule is CCC(C)CCN1CC(C)NC(C)C1. The highest BCUT2D eigenvalue weighted by Crippen LogP contribution is 2.10. The Morgan fingerprint density at radius 3 is 2.36 bits per heavy atom. The largest absolute Gasteiger partial charge is 0.309 e. The molecule has 1 rings (SSSR count). The van der Waals surface area contributed by atoms with Crippen molar-refractivity contribution in [2.24, 2.45) is 5.92 Å². The lowest BCUT2D eigenvalue weighted by Gasteiger charge is -2.36. The topological polar surface area (TPSA) is 15.3 Å². The zero-order chi connectivity index (χ0) is 10.6. The third-order valence-corrected chi connectivity index (χ3v) is 3.27. The molecular formula is C12H26N2. The molecule has 14 heavy (non-hydrogen) atoms. The van der Waals surface area contributed by atoms with E-state index in [0.717, 1.165) is 5.92 Å². The predicted octanol–water partition coefficient (Wildman–Crippen LogP) is 2.10. The molecule has 2 nitrogen and oxygen atoms in total. The van der Waals surface area contributed by atoms with Gasteiger partial charge in [-0.15, -0.1) is 0 Å². The van der Waals surface area contributed by atoms with Gasteiger partial charge < -0.3 is 10.2 Å². The van der Waals surface area contributed by atoms with E-state index < -0.39 is 0 Å². The van der Waals surface area contributed by atoms with Crippen molar-refractivity contribution in [3.05, 3.63) is 0 Å². The van der Waals surface area contributed by atoms with E-state index in [2.05, 4.69) is 37.9 Å². The second-order valence-electron chi connectivity index (χ2n) is 5.03. The second kappa shape index (κ2) is 5.72. The molecule has 0 amide bonds. The molecule has 0 radical (unpaired) electrons. The van der Waals surface area contributed by atoms with Crippen LogP contribution in [0, 0.1) is 5.92 Å². The molecule has 0 bridgehead atoms. The molecule has 1 N–H and O–H groups in total. The van der Waals surface area contributed by atoms with Crippen molar-refractivity contribution in [2.75, 3.05) is 19.6 Å². The Kier molecular flexibility index (Phi) is 4.90. The maximum Gasteiger partial charge on any atom is 0.0169 e. The fourth-order valence-corrected chi connectivity index (χ4v) is 2.23. The second-order valence-corrected chi connectivity index (χ2v) is 5.03. The Hall–Kier alpha value is -0.0800. The maximum atomic E-state index is 3.57. The Labute approximate surface area is 89.1 Å². The molecule has 84 valence electrons. The highest BCUT2D eigenvalue weighted by Gasteiger charge is 2.20. The monoisotopic (exact) mass is 198 g/mol. The van der Waals surface area contributed by atoms with Crippen LogP contribution in [0.1, 0.15) is 40.5 Å². The van der Waals surface area contributed by atoms with Crippen molar-refractivity contribution in [1.82, 2.24) is 10.2 Å². The summed E-state index contributed by atoms with van der Waals surface area (Å²) in [6.45, 7) is 12.9. The lowest BCUT2D eigenvalue weighted by atomic mass is 10.0. The summed E-state index contributed by atoms with van der Waals surface area (Å²) in [6.07, 6.45) is 2.67. The van der Waals surface area contributed by atoms with Gasteiger partial charge in [-0.2, -0.15) is 0 Å². The van der Waals surface area contributed by atoms with Crippen molar-refractivity contribution in [3.63, 3.8) is 0 Å². The maximum absolute atomic E-state index is 3.57. The fraction of sp³-hybridized carbons (Fsp3) is 1.00. The molecule has 0 aromatic heterocycles. The van der Waals surface area contributed by atoms with Gasteiger partial charge in [0.1, 0.15) is 0 Å². The molecule has 0 aromatic rings. The molecule has 1 aliphatic heterocycles. The average Bonchev–Trinajstić information content (AvgIpc) is 2.12. The smallest absolute Gasteiger partial charge is 0.0169 e. The summed E-state index contributed by atoms with van der Waals surface area (Å²) in [5, 5.41) is 3.57. The van der Waals surface area contributed by atoms with Crippen LogP contribution in [-0.4, -0.2) is 36.6 Å². The van der Waals surface area contributed by atoms with E-state index in [1.807, 2.05) is 0 Å². The zero-order valence-corrected chi connectivity index (χ0v) is 10.2. The van der Waals surface area contributed by atoms with E-state index >= 15 is 0 Å². The van der Waals surface area contributed by atoms with Gasteiger partial charge >= 0.3 is 0 Å². The summed E-state index contributed by atoms with van der Waals surface area (Å²) in [4.78, 5) is 2.61. The Balaban J connectivity index is 2.23. The van der Waals surface area contributed by atoms with Crippen LogP contribution >= 0.6 is 0 Å². The number of nitrogens with one attached hydrogen (secondary N) is 1. The van der Waals surface area contributed by atoms with E-state index in [1.165, 1.54) is 32.5 Å². The lowest BCUT2D eigenvalue weighted by Crippen LogP contribution is -2.54. The summed E-state index contributed by atoms with van der Waals surface area (Å²) in [6, 6.07) is 1.33. The van der Waals surface area contributed by atoms with E-state index in [4.69, 9.17) is 0 Å². The first-order chi connectivity index (χ1) is 6.61. The van der Waals surface area contributed by atoms with Crippen LogP contribution < -0.4 is 5.32 Å². The van der Waals surface area contributed by atoms with Gasteiger partial charge in [0.2, 0.25) is 0 Å². The van der Waals surface area contributed by atoms with Gasteiger partial charge in [-0.1, -0.05) is 20.3 Å². The summed E-state index contributed by atoms with van der Waals surface area (Å²) in [5.74, 6) is 0.885. The van der Waals surface area contributed by atoms with E-state index in [-0.39, 0.29) is 0 Å². The minimum Gasteiger partial charge on any atom is -0.309 e. The van der Waals surface area contributed by atoms with Gasteiger partial charge in [-0.3, -0.25) is 0 Å². The number of hydrogen-bond acceptors (Lipinski definition) is 2. The molecule has 0 spiro atoms. The minimum absolute atomic E-state index is 0.663. The molecule has 1 heterocycles. The lowest BCUT2D eigenvalue weighted by molar-refractivity contribution is 0.164. The summed E-state index contributed by atoms with van der Waals surface area (Å²) < 4.78 is 0. The van der Waals surface area contributed by atoms with Crippen LogP contribution in [0.2, 0.25) is 0 Å². The van der Waals surface area contributed by atoms with Crippen LogP contribution in [-0.2, 0) is 0 Å². The molecule has 3 unspecified atom stereocenters. The van der Waals surface area contributed by atoms with E-state index in [0.29, 0.717) is 12.1 Å². The Morgan fingerprint density at radius 2 is 1.86 bits per heavy atom. The molecule has 0 aromatic carbocycles. The van der Waals surface area contributed by atoms with Crippen LogP contribution in [0.5, 0.6) is 0 Å². The van der Waals surface area contributed by atoms with Crippen molar-refractivity contribution < 1.29 is 0 Å².